The highest BCUT2D eigenvalue weighted by Crippen LogP contribution is 2.24. The van der Waals surface area contributed by atoms with Gasteiger partial charge in [0.15, 0.2) is 6.61 Å². The van der Waals surface area contributed by atoms with E-state index in [1.54, 1.807) is 13.1 Å². The number of hydrogen-bond acceptors (Lipinski definition) is 4. The molecule has 1 rings (SSSR count). The van der Waals surface area contributed by atoms with Gasteiger partial charge < -0.3 is 19.5 Å². The van der Waals surface area contributed by atoms with Crippen molar-refractivity contribution in [3.8, 4) is 11.5 Å². The van der Waals surface area contributed by atoms with Gasteiger partial charge in [-0.25, -0.2) is 4.79 Å². The second kappa shape index (κ2) is 6.79. The monoisotopic (exact) mass is 281 g/mol. The molecule has 6 nitrogen and oxygen atoms in total. The molecule has 0 bridgehead atoms. The Morgan fingerprint density at radius 3 is 2.50 bits per heavy atom. The maximum absolute atomic E-state index is 11.8. The Morgan fingerprint density at radius 1 is 1.35 bits per heavy atom. The molecule has 0 aliphatic carbocycles. The zero-order valence-electron chi connectivity index (χ0n) is 12.0. The molecule has 1 aromatic carbocycles. The van der Waals surface area contributed by atoms with Gasteiger partial charge in [0.2, 0.25) is 0 Å². The molecule has 0 saturated carbocycles. The lowest BCUT2D eigenvalue weighted by atomic mass is 10.2. The van der Waals surface area contributed by atoms with Crippen LogP contribution in [0, 0.1) is 0 Å². The van der Waals surface area contributed by atoms with Crippen LogP contribution >= 0.6 is 0 Å². The molecule has 1 N–H and O–H groups in total. The van der Waals surface area contributed by atoms with E-state index in [2.05, 4.69) is 0 Å². The highest BCUT2D eigenvalue weighted by molar-refractivity contribution is 5.91. The van der Waals surface area contributed by atoms with Crippen LogP contribution in [0.15, 0.2) is 18.2 Å². The third-order valence-corrected chi connectivity index (χ3v) is 2.94. The van der Waals surface area contributed by atoms with Crippen molar-refractivity contribution in [2.24, 2.45) is 0 Å². The number of ether oxygens (including phenoxy) is 2. The first kappa shape index (κ1) is 15.8. The maximum Gasteiger partial charge on any atom is 0.339 e. The van der Waals surface area contributed by atoms with Crippen molar-refractivity contribution >= 4 is 11.9 Å². The predicted octanol–water partition coefficient (Wildman–Crippen LogP) is 1.64. The van der Waals surface area contributed by atoms with Crippen LogP contribution in [0.3, 0.4) is 0 Å². The number of carboxylic acid groups (broad SMARTS) is 1. The molecule has 0 aliphatic heterocycles. The van der Waals surface area contributed by atoms with Gasteiger partial charge in [0.05, 0.1) is 7.11 Å². The standard InChI is InChI=1S/C14H19NO5/c1-9(2)15(3)13(16)8-20-12-6-5-10(19-4)7-11(12)14(17)18/h5-7,9H,8H2,1-4H3,(H,17,18). The zero-order valence-corrected chi connectivity index (χ0v) is 12.0. The number of likely N-dealkylation sites (N-methyl/N-ethyl adjacent to an activating group) is 1. The topological polar surface area (TPSA) is 76.1 Å². The molecule has 20 heavy (non-hydrogen) atoms. The number of benzene rings is 1. The Kier molecular flexibility index (Phi) is 5.37. The van der Waals surface area contributed by atoms with Crippen LogP contribution in [0.2, 0.25) is 0 Å². The lowest BCUT2D eigenvalue weighted by molar-refractivity contribution is -0.133. The Labute approximate surface area is 117 Å². The highest BCUT2D eigenvalue weighted by atomic mass is 16.5. The minimum Gasteiger partial charge on any atom is -0.497 e. The van der Waals surface area contributed by atoms with Crippen LogP contribution in [0.1, 0.15) is 24.2 Å². The summed E-state index contributed by atoms with van der Waals surface area (Å²) in [6.45, 7) is 3.56. The predicted molar refractivity (Wildman–Crippen MR) is 73.4 cm³/mol. The van der Waals surface area contributed by atoms with Gasteiger partial charge in [0, 0.05) is 13.1 Å². The lowest BCUT2D eigenvalue weighted by Gasteiger charge is -2.21. The van der Waals surface area contributed by atoms with Crippen molar-refractivity contribution in [1.82, 2.24) is 4.90 Å². The summed E-state index contributed by atoms with van der Waals surface area (Å²) in [5, 5.41) is 9.12. The number of carboxylic acids is 1. The molecule has 0 radical (unpaired) electrons. The molecular formula is C14H19NO5. The third-order valence-electron chi connectivity index (χ3n) is 2.94. The third kappa shape index (κ3) is 3.88. The number of hydrogen-bond donors (Lipinski definition) is 1. The Hall–Kier alpha value is -2.24. The number of rotatable bonds is 6. The number of methoxy groups -OCH3 is 1. The van der Waals surface area contributed by atoms with Gasteiger partial charge in [-0.05, 0) is 32.0 Å². The van der Waals surface area contributed by atoms with E-state index in [0.717, 1.165) is 0 Å². The number of carbonyl (C=O) groups excluding carboxylic acids is 1. The molecule has 1 aromatic rings. The largest absolute Gasteiger partial charge is 0.497 e. The van der Waals surface area contributed by atoms with Gasteiger partial charge in [0.1, 0.15) is 17.1 Å². The lowest BCUT2D eigenvalue weighted by Crippen LogP contribution is -2.36. The molecule has 6 heteroatoms. The summed E-state index contributed by atoms with van der Waals surface area (Å²) in [5.41, 5.74) is -0.0376. The van der Waals surface area contributed by atoms with E-state index in [-0.39, 0.29) is 29.9 Å². The fraction of sp³-hybridized carbons (Fsp3) is 0.429. The van der Waals surface area contributed by atoms with Crippen LogP contribution in [0.4, 0.5) is 0 Å². The fourth-order valence-electron chi connectivity index (χ4n) is 1.46. The van der Waals surface area contributed by atoms with Crippen molar-refractivity contribution in [3.05, 3.63) is 23.8 Å². The minimum atomic E-state index is -1.14. The van der Waals surface area contributed by atoms with Gasteiger partial charge in [-0.15, -0.1) is 0 Å². The number of nitrogens with zero attached hydrogens (tertiary/aromatic N) is 1. The Bertz CT molecular complexity index is 498. The first-order valence-corrected chi connectivity index (χ1v) is 6.16. The summed E-state index contributed by atoms with van der Waals surface area (Å²) in [4.78, 5) is 24.5. The molecule has 0 fully saturated rings. The first-order chi connectivity index (χ1) is 9.36. The van der Waals surface area contributed by atoms with Crippen molar-refractivity contribution in [2.75, 3.05) is 20.8 Å². The molecule has 1 amide bonds. The van der Waals surface area contributed by atoms with Gasteiger partial charge in [-0.3, -0.25) is 4.79 Å². The van der Waals surface area contributed by atoms with Gasteiger partial charge in [-0.2, -0.15) is 0 Å². The molecule has 110 valence electrons. The van der Waals surface area contributed by atoms with Crippen LogP contribution < -0.4 is 9.47 Å². The summed E-state index contributed by atoms with van der Waals surface area (Å²) in [6.07, 6.45) is 0. The van der Waals surface area contributed by atoms with E-state index < -0.39 is 5.97 Å². The Morgan fingerprint density at radius 2 is 2.00 bits per heavy atom. The van der Waals surface area contributed by atoms with Crippen LogP contribution in [0.25, 0.3) is 0 Å². The average Bonchev–Trinajstić information content (AvgIpc) is 2.43. The molecule has 0 unspecified atom stereocenters. The fourth-order valence-corrected chi connectivity index (χ4v) is 1.46. The molecule has 0 atom stereocenters. The summed E-state index contributed by atoms with van der Waals surface area (Å²) in [5.74, 6) is -0.792. The van der Waals surface area contributed by atoms with E-state index in [9.17, 15) is 9.59 Å². The van der Waals surface area contributed by atoms with Gasteiger partial charge in [-0.1, -0.05) is 0 Å². The number of carbonyl (C=O) groups is 2. The normalized spacial score (nSPS) is 10.2. The second-order valence-electron chi connectivity index (χ2n) is 4.55. The van der Waals surface area contributed by atoms with Crippen molar-refractivity contribution in [3.63, 3.8) is 0 Å². The number of aromatic carboxylic acids is 1. The molecular weight excluding hydrogens is 262 g/mol. The maximum atomic E-state index is 11.8. The average molecular weight is 281 g/mol. The quantitative estimate of drug-likeness (QED) is 0.857. The van der Waals surface area contributed by atoms with E-state index >= 15 is 0 Å². The van der Waals surface area contributed by atoms with Crippen LogP contribution in [-0.2, 0) is 4.79 Å². The van der Waals surface area contributed by atoms with Crippen LogP contribution in [-0.4, -0.2) is 48.7 Å². The molecule has 0 aliphatic rings. The summed E-state index contributed by atoms with van der Waals surface area (Å²) >= 11 is 0. The SMILES string of the molecule is COc1ccc(OCC(=O)N(C)C(C)C)c(C(=O)O)c1. The molecule has 0 saturated heterocycles. The van der Waals surface area contributed by atoms with E-state index in [0.29, 0.717) is 5.75 Å². The second-order valence-corrected chi connectivity index (χ2v) is 4.55. The van der Waals surface area contributed by atoms with Gasteiger partial charge >= 0.3 is 5.97 Å². The number of amides is 1. The van der Waals surface area contributed by atoms with Gasteiger partial charge in [0.25, 0.3) is 5.91 Å². The highest BCUT2D eigenvalue weighted by Gasteiger charge is 2.16. The Balaban J connectivity index is 2.82. The first-order valence-electron chi connectivity index (χ1n) is 6.16. The summed E-state index contributed by atoms with van der Waals surface area (Å²) < 4.78 is 10.3. The minimum absolute atomic E-state index is 0.0376. The van der Waals surface area contributed by atoms with E-state index in [4.69, 9.17) is 14.6 Å². The summed E-state index contributed by atoms with van der Waals surface area (Å²) in [7, 11) is 3.12. The zero-order chi connectivity index (χ0) is 15.3. The summed E-state index contributed by atoms with van der Waals surface area (Å²) in [6, 6.07) is 4.47. The smallest absolute Gasteiger partial charge is 0.339 e. The van der Waals surface area contributed by atoms with Crippen molar-refractivity contribution in [2.45, 2.75) is 19.9 Å². The molecule has 0 heterocycles. The van der Waals surface area contributed by atoms with E-state index in [1.165, 1.54) is 24.1 Å². The van der Waals surface area contributed by atoms with Crippen LogP contribution in [0.5, 0.6) is 11.5 Å². The van der Waals surface area contributed by atoms with Crippen molar-refractivity contribution < 1.29 is 24.2 Å². The van der Waals surface area contributed by atoms with E-state index in [1.807, 2.05) is 13.8 Å². The molecule has 0 spiro atoms. The molecule has 0 aromatic heterocycles. The van der Waals surface area contributed by atoms with Crippen molar-refractivity contribution in [1.29, 1.82) is 0 Å².